The van der Waals surface area contributed by atoms with Gasteiger partial charge in [0, 0.05) is 31.6 Å². The van der Waals surface area contributed by atoms with Gasteiger partial charge in [0.25, 0.3) is 0 Å². The van der Waals surface area contributed by atoms with Gasteiger partial charge in [0.2, 0.25) is 0 Å². The van der Waals surface area contributed by atoms with Gasteiger partial charge in [-0.2, -0.15) is 0 Å². The Balaban J connectivity index is 1.81. The molecule has 116 valence electrons. The van der Waals surface area contributed by atoms with E-state index in [1.807, 2.05) is 6.07 Å². The van der Waals surface area contributed by atoms with Crippen molar-refractivity contribution in [3.63, 3.8) is 0 Å². The van der Waals surface area contributed by atoms with E-state index in [1.54, 1.807) is 0 Å². The third-order valence-corrected chi connectivity index (χ3v) is 5.51. The Hall–Kier alpha value is -1.37. The summed E-state index contributed by atoms with van der Waals surface area (Å²) in [6.07, 6.45) is 3.36. The highest BCUT2D eigenvalue weighted by molar-refractivity contribution is 7.91. The van der Waals surface area contributed by atoms with E-state index in [2.05, 4.69) is 27.1 Å². The Morgan fingerprint density at radius 1 is 1.29 bits per heavy atom. The Kier molecular flexibility index (Phi) is 4.01. The molecule has 1 saturated carbocycles. The molecule has 2 heterocycles. The minimum Gasteiger partial charge on any atom is -0.370 e. The third-order valence-electron chi connectivity index (χ3n) is 3.90. The third kappa shape index (κ3) is 3.64. The molecule has 1 aromatic heterocycles. The average molecular weight is 310 g/mol. The lowest BCUT2D eigenvalue weighted by atomic mass is 10.3. The molecule has 2 aliphatic rings. The van der Waals surface area contributed by atoms with E-state index in [1.165, 1.54) is 0 Å². The molecule has 1 aliphatic heterocycles. The molecule has 2 fully saturated rings. The SMILES string of the molecule is CCCNc1cc(N2CCS(=O)(=O)CC2)nc(C2CC2)n1. The number of sulfone groups is 1. The molecule has 1 aliphatic carbocycles. The minimum atomic E-state index is -2.86. The molecule has 3 rings (SSSR count). The summed E-state index contributed by atoms with van der Waals surface area (Å²) in [6.45, 7) is 4.05. The van der Waals surface area contributed by atoms with Gasteiger partial charge in [-0.15, -0.1) is 0 Å². The van der Waals surface area contributed by atoms with Crippen LogP contribution < -0.4 is 10.2 Å². The maximum atomic E-state index is 11.5. The number of hydrogen-bond donors (Lipinski definition) is 1. The predicted octanol–water partition coefficient (Wildman–Crippen LogP) is 1.41. The number of nitrogens with zero attached hydrogens (tertiary/aromatic N) is 3. The van der Waals surface area contributed by atoms with Crippen LogP contribution in [0, 0.1) is 0 Å². The molecule has 0 amide bonds. The number of rotatable bonds is 5. The van der Waals surface area contributed by atoms with Crippen LogP contribution in [0.4, 0.5) is 11.6 Å². The number of nitrogens with one attached hydrogen (secondary N) is 1. The van der Waals surface area contributed by atoms with Crippen molar-refractivity contribution in [2.45, 2.75) is 32.1 Å². The van der Waals surface area contributed by atoms with Crippen molar-refractivity contribution < 1.29 is 8.42 Å². The summed E-state index contributed by atoms with van der Waals surface area (Å²) >= 11 is 0. The van der Waals surface area contributed by atoms with Crippen molar-refractivity contribution in [2.75, 3.05) is 41.4 Å². The van der Waals surface area contributed by atoms with Gasteiger partial charge in [-0.05, 0) is 19.3 Å². The monoisotopic (exact) mass is 310 g/mol. The lowest BCUT2D eigenvalue weighted by Gasteiger charge is -2.28. The molecule has 6 nitrogen and oxygen atoms in total. The first kappa shape index (κ1) is 14.6. The smallest absolute Gasteiger partial charge is 0.153 e. The molecule has 1 saturated heterocycles. The molecule has 0 spiro atoms. The van der Waals surface area contributed by atoms with Gasteiger partial charge in [-0.1, -0.05) is 6.92 Å². The van der Waals surface area contributed by atoms with Crippen molar-refractivity contribution in [1.82, 2.24) is 9.97 Å². The fraction of sp³-hybridized carbons (Fsp3) is 0.714. The maximum Gasteiger partial charge on any atom is 0.153 e. The van der Waals surface area contributed by atoms with Crippen LogP contribution in [-0.4, -0.2) is 49.5 Å². The van der Waals surface area contributed by atoms with E-state index in [9.17, 15) is 8.42 Å². The largest absolute Gasteiger partial charge is 0.370 e. The fourth-order valence-electron chi connectivity index (χ4n) is 2.42. The molecule has 0 radical (unpaired) electrons. The summed E-state index contributed by atoms with van der Waals surface area (Å²) in [6, 6.07) is 1.94. The topological polar surface area (TPSA) is 75.2 Å². The minimum absolute atomic E-state index is 0.216. The zero-order valence-corrected chi connectivity index (χ0v) is 13.2. The summed E-state index contributed by atoms with van der Waals surface area (Å²) in [7, 11) is -2.86. The van der Waals surface area contributed by atoms with E-state index < -0.39 is 9.84 Å². The zero-order chi connectivity index (χ0) is 14.9. The van der Waals surface area contributed by atoms with E-state index in [4.69, 9.17) is 0 Å². The lowest BCUT2D eigenvalue weighted by Crippen LogP contribution is -2.40. The van der Waals surface area contributed by atoms with Crippen LogP contribution >= 0.6 is 0 Å². The predicted molar refractivity (Wildman–Crippen MR) is 83.7 cm³/mol. The van der Waals surface area contributed by atoms with Crippen LogP contribution in [0.3, 0.4) is 0 Å². The van der Waals surface area contributed by atoms with Gasteiger partial charge >= 0.3 is 0 Å². The summed E-state index contributed by atoms with van der Waals surface area (Å²) in [5.74, 6) is 3.54. The van der Waals surface area contributed by atoms with E-state index in [0.717, 1.165) is 43.3 Å². The second kappa shape index (κ2) is 5.79. The van der Waals surface area contributed by atoms with Crippen LogP contribution in [0.1, 0.15) is 37.9 Å². The summed E-state index contributed by atoms with van der Waals surface area (Å²) < 4.78 is 23.1. The van der Waals surface area contributed by atoms with Crippen molar-refractivity contribution in [3.8, 4) is 0 Å². The number of hydrogen-bond acceptors (Lipinski definition) is 6. The Bertz CT molecular complexity index is 599. The first-order valence-corrected chi connectivity index (χ1v) is 9.48. The zero-order valence-electron chi connectivity index (χ0n) is 12.4. The second-order valence-electron chi connectivity index (χ2n) is 5.81. The van der Waals surface area contributed by atoms with Gasteiger partial charge in [-0.3, -0.25) is 0 Å². The molecular formula is C14H22N4O2S. The summed E-state index contributed by atoms with van der Waals surface area (Å²) in [5.41, 5.74) is 0. The van der Waals surface area contributed by atoms with Crippen LogP contribution in [0.5, 0.6) is 0 Å². The van der Waals surface area contributed by atoms with Gasteiger partial charge in [0.1, 0.15) is 17.5 Å². The molecule has 0 aromatic carbocycles. The van der Waals surface area contributed by atoms with E-state index >= 15 is 0 Å². The first-order valence-electron chi connectivity index (χ1n) is 7.65. The number of aromatic nitrogens is 2. The van der Waals surface area contributed by atoms with Crippen LogP contribution in [-0.2, 0) is 9.84 Å². The van der Waals surface area contributed by atoms with Gasteiger partial charge in [-0.25, -0.2) is 18.4 Å². The van der Waals surface area contributed by atoms with Crippen LogP contribution in [0.15, 0.2) is 6.07 Å². The van der Waals surface area contributed by atoms with Gasteiger partial charge < -0.3 is 10.2 Å². The van der Waals surface area contributed by atoms with Crippen molar-refractivity contribution in [2.24, 2.45) is 0 Å². The molecule has 1 N–H and O–H groups in total. The summed E-state index contributed by atoms with van der Waals surface area (Å²) in [4.78, 5) is 11.3. The van der Waals surface area contributed by atoms with E-state index in [0.29, 0.717) is 19.0 Å². The second-order valence-corrected chi connectivity index (χ2v) is 8.11. The highest BCUT2D eigenvalue weighted by atomic mass is 32.2. The molecule has 0 unspecified atom stereocenters. The normalized spacial score (nSPS) is 21.3. The molecule has 1 aromatic rings. The van der Waals surface area contributed by atoms with Crippen molar-refractivity contribution in [3.05, 3.63) is 11.9 Å². The maximum absolute atomic E-state index is 11.5. The van der Waals surface area contributed by atoms with E-state index in [-0.39, 0.29) is 11.5 Å². The molecule has 0 atom stereocenters. The Labute approximate surface area is 125 Å². The van der Waals surface area contributed by atoms with Crippen LogP contribution in [0.2, 0.25) is 0 Å². The number of anilines is 2. The Morgan fingerprint density at radius 2 is 2.00 bits per heavy atom. The first-order chi connectivity index (χ1) is 10.1. The highest BCUT2D eigenvalue weighted by Crippen LogP contribution is 2.39. The van der Waals surface area contributed by atoms with Gasteiger partial charge in [0.05, 0.1) is 11.5 Å². The Morgan fingerprint density at radius 3 is 2.62 bits per heavy atom. The molecule has 21 heavy (non-hydrogen) atoms. The van der Waals surface area contributed by atoms with Crippen molar-refractivity contribution >= 4 is 21.5 Å². The average Bonchev–Trinajstić information content (AvgIpc) is 3.29. The highest BCUT2D eigenvalue weighted by Gasteiger charge is 2.29. The quantitative estimate of drug-likeness (QED) is 0.886. The molecule has 7 heteroatoms. The van der Waals surface area contributed by atoms with Crippen molar-refractivity contribution in [1.29, 1.82) is 0 Å². The van der Waals surface area contributed by atoms with Crippen LogP contribution in [0.25, 0.3) is 0 Å². The molecule has 0 bridgehead atoms. The fourth-order valence-corrected chi connectivity index (χ4v) is 3.63. The lowest BCUT2D eigenvalue weighted by molar-refractivity contribution is 0.586. The van der Waals surface area contributed by atoms with Gasteiger partial charge in [0.15, 0.2) is 9.84 Å². The molecular weight excluding hydrogens is 288 g/mol. The standard InChI is InChI=1S/C14H22N4O2S/c1-2-5-15-12-10-13(17-14(16-12)11-3-4-11)18-6-8-21(19,20)9-7-18/h10-11H,2-9H2,1H3,(H,15,16,17). The summed E-state index contributed by atoms with van der Waals surface area (Å²) in [5, 5.41) is 3.32.